The number of hydrogen-bond acceptors (Lipinski definition) is 4. The van der Waals surface area contributed by atoms with Gasteiger partial charge in [-0.05, 0) is 75.6 Å². The molecule has 53 heavy (non-hydrogen) atoms. The molecule has 13 rings (SSSR count). The Kier molecular flexibility index (Phi) is 5.16. The quantitative estimate of drug-likeness (QED) is 0.171. The Morgan fingerprint density at radius 2 is 0.943 bits per heavy atom. The standard InChI is InChI=1S/C48H26BNO3/c1-2-10-27(11-3-1)29-20-21-39-48-47(29)36-25-45-34(31-13-5-8-16-42(31)52-45)23-37(36)49(48)38-24-35-32-14-6-9-17-43(32)53-46(35)26-40(38)50(39)28-18-19-33-30-12-4-7-15-41(30)51-44(33)22-28/h1-26H. The summed E-state index contributed by atoms with van der Waals surface area (Å²) in [6.45, 7) is -0.00373. The fourth-order valence-electron chi connectivity index (χ4n) is 9.43. The summed E-state index contributed by atoms with van der Waals surface area (Å²) in [7, 11) is 0. The van der Waals surface area contributed by atoms with Crippen LogP contribution in [0.15, 0.2) is 171 Å². The second-order valence-corrected chi connectivity index (χ2v) is 14.4. The normalized spacial score (nSPS) is 13.2. The maximum Gasteiger partial charge on any atom is 0.248 e. The highest BCUT2D eigenvalue weighted by molar-refractivity contribution is 7.01. The van der Waals surface area contributed by atoms with Crippen LogP contribution in [0.3, 0.4) is 0 Å². The van der Waals surface area contributed by atoms with E-state index in [0.717, 1.165) is 82.9 Å². The number of nitrogens with zero attached hydrogens (tertiary/aromatic N) is 1. The highest BCUT2D eigenvalue weighted by Crippen LogP contribution is 2.47. The van der Waals surface area contributed by atoms with Gasteiger partial charge in [0, 0.05) is 61.5 Å². The third-order valence-corrected chi connectivity index (χ3v) is 11.7. The van der Waals surface area contributed by atoms with Crippen LogP contribution in [0.5, 0.6) is 0 Å². The minimum Gasteiger partial charge on any atom is -0.456 e. The number of benzene rings is 8. The molecule has 0 fully saturated rings. The van der Waals surface area contributed by atoms with E-state index in [1.807, 2.05) is 24.3 Å². The van der Waals surface area contributed by atoms with Crippen LogP contribution in [0.4, 0.5) is 17.1 Å². The molecule has 0 radical (unpaired) electrons. The summed E-state index contributed by atoms with van der Waals surface area (Å²) in [4.78, 5) is 2.42. The molecule has 0 bridgehead atoms. The molecule has 0 saturated carbocycles. The van der Waals surface area contributed by atoms with Gasteiger partial charge in [-0.25, -0.2) is 0 Å². The Bertz CT molecular complexity index is 3370. The van der Waals surface area contributed by atoms with Crippen LogP contribution >= 0.6 is 0 Å². The summed E-state index contributed by atoms with van der Waals surface area (Å²) in [5, 5.41) is 6.76. The summed E-state index contributed by atoms with van der Waals surface area (Å²) in [5.41, 5.74) is 17.4. The fourth-order valence-corrected chi connectivity index (χ4v) is 9.43. The molecule has 0 spiro atoms. The molecule has 0 N–H and O–H groups in total. The Morgan fingerprint density at radius 1 is 0.377 bits per heavy atom. The third kappa shape index (κ3) is 3.61. The molecule has 11 aromatic rings. The van der Waals surface area contributed by atoms with Crippen LogP contribution in [0.25, 0.3) is 88.1 Å². The van der Waals surface area contributed by atoms with Crippen LogP contribution in [0, 0.1) is 0 Å². The summed E-state index contributed by atoms with van der Waals surface area (Å²) in [6, 6.07) is 56.4. The van der Waals surface area contributed by atoms with Crippen LogP contribution < -0.4 is 21.3 Å². The minimum atomic E-state index is -0.00373. The lowest BCUT2D eigenvalue weighted by molar-refractivity contribution is 0.668. The van der Waals surface area contributed by atoms with Crippen molar-refractivity contribution >= 4 is 106 Å². The highest BCUT2D eigenvalue weighted by Gasteiger charge is 2.44. The molecular formula is C48H26BNO3. The molecule has 0 unspecified atom stereocenters. The van der Waals surface area contributed by atoms with Crippen LogP contribution in [0.1, 0.15) is 0 Å². The molecule has 5 heterocycles. The zero-order chi connectivity index (χ0) is 34.4. The number of furan rings is 3. The molecule has 244 valence electrons. The zero-order valence-corrected chi connectivity index (χ0v) is 28.3. The van der Waals surface area contributed by atoms with Gasteiger partial charge >= 0.3 is 0 Å². The topological polar surface area (TPSA) is 42.7 Å². The van der Waals surface area contributed by atoms with E-state index in [4.69, 9.17) is 13.3 Å². The number of anilines is 3. The Balaban J connectivity index is 1.17. The maximum atomic E-state index is 6.57. The lowest BCUT2D eigenvalue weighted by Crippen LogP contribution is -2.54. The zero-order valence-electron chi connectivity index (χ0n) is 28.3. The van der Waals surface area contributed by atoms with Gasteiger partial charge in [0.2, 0.25) is 6.71 Å². The first-order valence-corrected chi connectivity index (χ1v) is 18.1. The van der Waals surface area contributed by atoms with Gasteiger partial charge in [0.25, 0.3) is 0 Å². The van der Waals surface area contributed by atoms with Crippen LogP contribution in [-0.4, -0.2) is 6.71 Å². The summed E-state index contributed by atoms with van der Waals surface area (Å²) >= 11 is 0. The van der Waals surface area contributed by atoms with Crippen molar-refractivity contribution in [2.75, 3.05) is 4.90 Å². The van der Waals surface area contributed by atoms with Crippen molar-refractivity contribution in [2.24, 2.45) is 0 Å². The van der Waals surface area contributed by atoms with Gasteiger partial charge in [0.1, 0.15) is 33.5 Å². The predicted octanol–water partition coefficient (Wildman–Crippen LogP) is 11.3. The van der Waals surface area contributed by atoms with Crippen molar-refractivity contribution in [1.29, 1.82) is 0 Å². The van der Waals surface area contributed by atoms with Crippen molar-refractivity contribution in [3.63, 3.8) is 0 Å². The largest absolute Gasteiger partial charge is 0.456 e. The molecule has 0 saturated heterocycles. The second kappa shape index (κ2) is 9.87. The molecule has 8 aromatic carbocycles. The third-order valence-electron chi connectivity index (χ3n) is 11.7. The van der Waals surface area contributed by atoms with E-state index in [0.29, 0.717) is 0 Å². The van der Waals surface area contributed by atoms with E-state index in [1.165, 1.54) is 38.6 Å². The molecule has 0 atom stereocenters. The highest BCUT2D eigenvalue weighted by atomic mass is 16.3. The van der Waals surface area contributed by atoms with Gasteiger partial charge in [-0.1, -0.05) is 109 Å². The van der Waals surface area contributed by atoms with Crippen LogP contribution in [0.2, 0.25) is 0 Å². The smallest absolute Gasteiger partial charge is 0.248 e. The van der Waals surface area contributed by atoms with E-state index >= 15 is 0 Å². The Labute approximate surface area is 303 Å². The van der Waals surface area contributed by atoms with Crippen molar-refractivity contribution in [2.45, 2.75) is 0 Å². The predicted molar refractivity (Wildman–Crippen MR) is 218 cm³/mol. The average molecular weight is 676 g/mol. The molecule has 4 nitrogen and oxygen atoms in total. The molecule has 2 aliphatic heterocycles. The fraction of sp³-hybridized carbons (Fsp3) is 0. The van der Waals surface area contributed by atoms with Gasteiger partial charge in [-0.2, -0.15) is 0 Å². The summed E-state index contributed by atoms with van der Waals surface area (Å²) in [5.74, 6) is 0. The average Bonchev–Trinajstić information content (AvgIpc) is 3.96. The number of para-hydroxylation sites is 3. The minimum absolute atomic E-state index is 0.00373. The first-order valence-electron chi connectivity index (χ1n) is 18.1. The van der Waals surface area contributed by atoms with E-state index in [2.05, 4.69) is 138 Å². The van der Waals surface area contributed by atoms with Gasteiger partial charge in [-0.3, -0.25) is 0 Å². The summed E-state index contributed by atoms with van der Waals surface area (Å²) in [6.07, 6.45) is 0. The van der Waals surface area contributed by atoms with Crippen molar-refractivity contribution in [3.8, 4) is 22.3 Å². The molecule has 2 aliphatic rings. The van der Waals surface area contributed by atoms with Gasteiger partial charge < -0.3 is 18.2 Å². The number of hydrogen-bond donors (Lipinski definition) is 0. The second-order valence-electron chi connectivity index (χ2n) is 14.4. The van der Waals surface area contributed by atoms with Crippen molar-refractivity contribution in [1.82, 2.24) is 0 Å². The van der Waals surface area contributed by atoms with Gasteiger partial charge in [0.15, 0.2) is 0 Å². The Hall–Kier alpha value is -6.98. The molecule has 0 aliphatic carbocycles. The SMILES string of the molecule is c1ccc(-c2ccc3c4c2-c2cc5oc6ccccc6c5cc2B4c2cc4c(cc2N3c2ccc3c(c2)oc2ccccc23)oc2ccccc24)cc1. The van der Waals surface area contributed by atoms with Crippen LogP contribution in [-0.2, 0) is 0 Å². The van der Waals surface area contributed by atoms with E-state index < -0.39 is 0 Å². The number of fused-ring (bicyclic) bond motifs is 14. The van der Waals surface area contributed by atoms with Crippen molar-refractivity contribution in [3.05, 3.63) is 158 Å². The molecule has 0 amide bonds. The summed E-state index contributed by atoms with van der Waals surface area (Å²) < 4.78 is 19.6. The van der Waals surface area contributed by atoms with E-state index in [-0.39, 0.29) is 6.71 Å². The molecule has 5 heteroatoms. The molecular weight excluding hydrogens is 649 g/mol. The van der Waals surface area contributed by atoms with Gasteiger partial charge in [-0.15, -0.1) is 0 Å². The lowest BCUT2D eigenvalue weighted by atomic mass is 9.37. The monoisotopic (exact) mass is 675 g/mol. The maximum absolute atomic E-state index is 6.57. The Morgan fingerprint density at radius 3 is 1.64 bits per heavy atom. The van der Waals surface area contributed by atoms with E-state index in [9.17, 15) is 0 Å². The lowest BCUT2D eigenvalue weighted by Gasteiger charge is -2.36. The van der Waals surface area contributed by atoms with Crippen molar-refractivity contribution < 1.29 is 13.3 Å². The molecule has 3 aromatic heterocycles. The van der Waals surface area contributed by atoms with E-state index in [1.54, 1.807) is 0 Å². The first kappa shape index (κ1) is 27.7. The van der Waals surface area contributed by atoms with Gasteiger partial charge in [0.05, 0.1) is 0 Å². The number of rotatable bonds is 2. The first-order chi connectivity index (χ1) is 26.3.